The molecule has 0 radical (unpaired) electrons. The van der Waals surface area contributed by atoms with Gasteiger partial charge in [0.2, 0.25) is 17.8 Å². The van der Waals surface area contributed by atoms with Crippen LogP contribution < -0.4 is 20.3 Å². The van der Waals surface area contributed by atoms with E-state index in [4.69, 9.17) is 4.74 Å². The fourth-order valence-corrected chi connectivity index (χ4v) is 6.03. The van der Waals surface area contributed by atoms with Crippen LogP contribution in [0.2, 0.25) is 0 Å². The molecule has 0 unspecified atom stereocenters. The zero-order valence-electron chi connectivity index (χ0n) is 26.9. The van der Waals surface area contributed by atoms with Gasteiger partial charge in [-0.1, -0.05) is 6.92 Å². The Morgan fingerprint density at radius 2 is 1.77 bits per heavy atom. The molecule has 14 heteroatoms. The van der Waals surface area contributed by atoms with Gasteiger partial charge in [0.25, 0.3) is 11.6 Å². The van der Waals surface area contributed by atoms with Crippen molar-refractivity contribution in [1.82, 2.24) is 20.2 Å². The zero-order valence-corrected chi connectivity index (χ0v) is 26.9. The van der Waals surface area contributed by atoms with E-state index in [9.17, 15) is 28.9 Å². The lowest BCUT2D eigenvalue weighted by Gasteiger charge is -2.32. The lowest BCUT2D eigenvalue weighted by atomic mass is 9.92. The van der Waals surface area contributed by atoms with E-state index in [0.29, 0.717) is 43.3 Å². The second kappa shape index (κ2) is 16.1. The lowest BCUT2D eigenvalue weighted by molar-refractivity contribution is -0.384. The molecule has 3 amide bonds. The molecular formula is C34H40FN7O6. The number of hydrogen-bond acceptors (Lipinski definition) is 9. The number of nitro benzene ring substituents is 1. The lowest BCUT2D eigenvalue weighted by Crippen LogP contribution is -2.47. The molecule has 1 aromatic heterocycles. The molecule has 0 saturated carbocycles. The topological polar surface area (TPSA) is 160 Å². The van der Waals surface area contributed by atoms with Crippen LogP contribution >= 0.6 is 0 Å². The van der Waals surface area contributed by atoms with Crippen LogP contribution in [0.1, 0.15) is 61.4 Å². The Kier molecular flexibility index (Phi) is 11.5. The van der Waals surface area contributed by atoms with Crippen LogP contribution in [-0.2, 0) is 16.0 Å². The summed E-state index contributed by atoms with van der Waals surface area (Å²) in [6.07, 6.45) is 9.63. The van der Waals surface area contributed by atoms with Crippen LogP contribution in [0.3, 0.4) is 0 Å². The highest BCUT2D eigenvalue weighted by atomic mass is 19.1. The number of amides is 3. The van der Waals surface area contributed by atoms with Crippen molar-refractivity contribution in [2.45, 2.75) is 57.9 Å². The third kappa shape index (κ3) is 8.81. The van der Waals surface area contributed by atoms with E-state index in [0.717, 1.165) is 62.8 Å². The number of halogens is 1. The van der Waals surface area contributed by atoms with Crippen LogP contribution in [0.25, 0.3) is 0 Å². The number of hydrogen-bond donors (Lipinski definition) is 2. The van der Waals surface area contributed by atoms with Gasteiger partial charge in [0.1, 0.15) is 17.6 Å². The number of nitrogens with zero attached hydrogens (tertiary/aromatic N) is 5. The number of ether oxygens (including phenoxy) is 1. The van der Waals surface area contributed by atoms with E-state index in [1.807, 2.05) is 12.4 Å². The second-order valence-corrected chi connectivity index (χ2v) is 12.0. The number of nitro groups is 1. The van der Waals surface area contributed by atoms with Crippen LogP contribution in [0, 0.1) is 21.8 Å². The molecule has 2 aliphatic rings. The Morgan fingerprint density at radius 3 is 2.44 bits per heavy atom. The number of benzene rings is 2. The van der Waals surface area contributed by atoms with E-state index >= 15 is 0 Å². The second-order valence-electron chi connectivity index (χ2n) is 12.0. The van der Waals surface area contributed by atoms with Crippen molar-refractivity contribution in [3.63, 3.8) is 0 Å². The number of likely N-dealkylation sites (tertiary alicyclic amines) is 1. The van der Waals surface area contributed by atoms with E-state index in [1.54, 1.807) is 0 Å². The molecular weight excluding hydrogens is 621 g/mol. The van der Waals surface area contributed by atoms with E-state index in [-0.39, 0.29) is 11.3 Å². The third-order valence-corrected chi connectivity index (χ3v) is 8.83. The molecule has 0 aliphatic carbocycles. The van der Waals surface area contributed by atoms with Crippen LogP contribution in [0.15, 0.2) is 54.9 Å². The summed E-state index contributed by atoms with van der Waals surface area (Å²) in [4.78, 5) is 61.3. The number of carbonyl (C=O) groups is 3. The Balaban J connectivity index is 1.02. The Bertz CT molecular complexity index is 1600. The zero-order chi connectivity index (χ0) is 34.0. The molecule has 2 aliphatic heterocycles. The van der Waals surface area contributed by atoms with Gasteiger partial charge in [0, 0.05) is 55.9 Å². The van der Waals surface area contributed by atoms with E-state index < -0.39 is 41.0 Å². The molecule has 3 heterocycles. The number of rotatable bonds is 13. The highest BCUT2D eigenvalue weighted by Crippen LogP contribution is 2.25. The normalized spacial score (nSPS) is 16.4. The molecule has 1 atom stereocenters. The Labute approximate surface area is 278 Å². The summed E-state index contributed by atoms with van der Waals surface area (Å²) in [7, 11) is 0. The number of aromatic nitrogens is 2. The molecule has 0 bridgehead atoms. The van der Waals surface area contributed by atoms with E-state index in [2.05, 4.69) is 32.4 Å². The van der Waals surface area contributed by atoms with Crippen LogP contribution in [0.4, 0.5) is 21.7 Å². The standard InChI is InChI=1S/C34H40FN7O6/c1-2-23-20-37-34(38-21-23)40-16-13-24(14-17-40)5-4-18-48-27-11-12-28(29(35)19-27)32(44)36-22-31(43)41-15-3-6-30(41)33(45)39-25-7-9-26(10-8-25)42(46)47/h7-12,19-21,24,30H,2-6,13-18,22H2,1H3,(H,36,44)(H,39,45)/t30-/m0/s1. The van der Waals surface area contributed by atoms with Crippen molar-refractivity contribution in [2.24, 2.45) is 5.92 Å². The molecule has 48 heavy (non-hydrogen) atoms. The number of aryl methyl sites for hydroxylation is 1. The third-order valence-electron chi connectivity index (χ3n) is 8.83. The van der Waals surface area contributed by atoms with Crippen molar-refractivity contribution >= 4 is 35.0 Å². The highest BCUT2D eigenvalue weighted by molar-refractivity contribution is 5.99. The average Bonchev–Trinajstić information content (AvgIpc) is 3.60. The molecule has 13 nitrogen and oxygen atoms in total. The largest absolute Gasteiger partial charge is 0.493 e. The van der Waals surface area contributed by atoms with Gasteiger partial charge in [-0.3, -0.25) is 24.5 Å². The summed E-state index contributed by atoms with van der Waals surface area (Å²) in [6.45, 7) is 4.25. The Hall–Kier alpha value is -5.14. The molecule has 0 spiro atoms. The number of anilines is 2. The van der Waals surface area contributed by atoms with Gasteiger partial charge in [-0.25, -0.2) is 14.4 Å². The molecule has 2 fully saturated rings. The van der Waals surface area contributed by atoms with Gasteiger partial charge in [0.15, 0.2) is 0 Å². The number of nitrogens with one attached hydrogen (secondary N) is 2. The van der Waals surface area contributed by atoms with Gasteiger partial charge in [-0.2, -0.15) is 0 Å². The van der Waals surface area contributed by atoms with Gasteiger partial charge < -0.3 is 25.2 Å². The highest BCUT2D eigenvalue weighted by Gasteiger charge is 2.34. The summed E-state index contributed by atoms with van der Waals surface area (Å²) < 4.78 is 20.6. The van der Waals surface area contributed by atoms with Crippen molar-refractivity contribution in [3.8, 4) is 5.75 Å². The minimum Gasteiger partial charge on any atom is -0.493 e. The maximum atomic E-state index is 14.8. The predicted molar refractivity (Wildman–Crippen MR) is 176 cm³/mol. The predicted octanol–water partition coefficient (Wildman–Crippen LogP) is 4.52. The maximum Gasteiger partial charge on any atom is 0.269 e. The minimum atomic E-state index is -0.763. The fraction of sp³-hybridized carbons (Fsp3) is 0.441. The summed E-state index contributed by atoms with van der Waals surface area (Å²) in [5, 5.41) is 16.0. The summed E-state index contributed by atoms with van der Waals surface area (Å²) in [6, 6.07) is 8.63. The monoisotopic (exact) mass is 661 g/mol. The first-order valence-electron chi connectivity index (χ1n) is 16.3. The molecule has 2 N–H and O–H groups in total. The van der Waals surface area contributed by atoms with Crippen molar-refractivity contribution in [3.05, 3.63) is 81.9 Å². The summed E-state index contributed by atoms with van der Waals surface area (Å²) in [5.41, 5.74) is 1.16. The van der Waals surface area contributed by atoms with Gasteiger partial charge in [-0.05, 0) is 80.7 Å². The minimum absolute atomic E-state index is 0.108. The quantitative estimate of drug-likeness (QED) is 0.153. The van der Waals surface area contributed by atoms with E-state index in [1.165, 1.54) is 41.3 Å². The van der Waals surface area contributed by atoms with Crippen molar-refractivity contribution in [1.29, 1.82) is 0 Å². The van der Waals surface area contributed by atoms with Gasteiger partial charge in [-0.15, -0.1) is 0 Å². The number of non-ortho nitro benzene ring substituents is 1. The first-order chi connectivity index (χ1) is 23.2. The smallest absolute Gasteiger partial charge is 0.269 e. The van der Waals surface area contributed by atoms with Crippen LogP contribution in [-0.4, -0.2) is 76.3 Å². The number of carbonyl (C=O) groups excluding carboxylic acids is 3. The maximum absolute atomic E-state index is 14.8. The van der Waals surface area contributed by atoms with Gasteiger partial charge >= 0.3 is 0 Å². The molecule has 2 saturated heterocycles. The first kappa shape index (κ1) is 34.2. The fourth-order valence-electron chi connectivity index (χ4n) is 6.03. The van der Waals surface area contributed by atoms with Gasteiger partial charge in [0.05, 0.1) is 23.6 Å². The van der Waals surface area contributed by atoms with Crippen molar-refractivity contribution < 1.29 is 28.4 Å². The first-order valence-corrected chi connectivity index (χ1v) is 16.3. The molecule has 5 rings (SSSR count). The van der Waals surface area contributed by atoms with Crippen LogP contribution in [0.5, 0.6) is 5.75 Å². The Morgan fingerprint density at radius 1 is 1.04 bits per heavy atom. The summed E-state index contributed by atoms with van der Waals surface area (Å²) in [5.74, 6) is -0.752. The number of piperidine rings is 1. The van der Waals surface area contributed by atoms with Crippen molar-refractivity contribution in [2.75, 3.05) is 43.0 Å². The molecule has 2 aromatic carbocycles. The SMILES string of the molecule is CCc1cnc(N2CCC(CCCOc3ccc(C(=O)NCC(=O)N4CCC[C@H]4C(=O)Nc4ccc([N+](=O)[O-])cc4)c(F)c3)CC2)nc1. The molecule has 254 valence electrons. The molecule has 3 aromatic rings. The summed E-state index contributed by atoms with van der Waals surface area (Å²) >= 11 is 0. The average molecular weight is 662 g/mol.